The van der Waals surface area contributed by atoms with Gasteiger partial charge in [0, 0.05) is 11.5 Å². The quantitative estimate of drug-likeness (QED) is 0.872. The summed E-state index contributed by atoms with van der Waals surface area (Å²) >= 11 is 6.19. The van der Waals surface area contributed by atoms with E-state index >= 15 is 0 Å². The van der Waals surface area contributed by atoms with E-state index in [1.807, 2.05) is 12.1 Å². The van der Waals surface area contributed by atoms with Gasteiger partial charge in [0.25, 0.3) is 0 Å². The van der Waals surface area contributed by atoms with E-state index in [4.69, 9.17) is 21.1 Å². The zero-order valence-electron chi connectivity index (χ0n) is 12.3. The number of ether oxygens (including phenoxy) is 2. The third kappa shape index (κ3) is 2.58. The second-order valence-electron chi connectivity index (χ2n) is 5.42. The summed E-state index contributed by atoms with van der Waals surface area (Å²) in [4.78, 5) is 0. The minimum atomic E-state index is -0.189. The van der Waals surface area contributed by atoms with Crippen molar-refractivity contribution in [2.24, 2.45) is 0 Å². The Morgan fingerprint density at radius 2 is 1.80 bits per heavy atom. The first-order valence-electron chi connectivity index (χ1n) is 6.22. The zero-order valence-corrected chi connectivity index (χ0v) is 13.0. The Morgan fingerprint density at radius 1 is 1.10 bits per heavy atom. The molecule has 2 rings (SSSR count). The Kier molecular flexibility index (Phi) is 3.90. The number of methoxy groups -OCH3 is 2. The van der Waals surface area contributed by atoms with Crippen molar-refractivity contribution >= 4 is 11.6 Å². The highest BCUT2D eigenvalue weighted by atomic mass is 35.5. The highest BCUT2D eigenvalue weighted by Crippen LogP contribution is 2.33. The van der Waals surface area contributed by atoms with Gasteiger partial charge in [-0.05, 0) is 23.7 Å². The molecule has 0 saturated heterocycles. The topological polar surface area (TPSA) is 49.2 Å². The molecule has 0 unspecified atom stereocenters. The fraction of sp³-hybridized carbons (Fsp3) is 0.429. The van der Waals surface area contributed by atoms with Gasteiger partial charge in [-0.3, -0.25) is 4.57 Å². The molecule has 0 radical (unpaired) electrons. The van der Waals surface area contributed by atoms with E-state index < -0.39 is 0 Å². The molecule has 0 spiro atoms. The van der Waals surface area contributed by atoms with E-state index in [2.05, 4.69) is 31.0 Å². The molecule has 0 aliphatic carbocycles. The van der Waals surface area contributed by atoms with E-state index in [0.717, 1.165) is 11.5 Å². The van der Waals surface area contributed by atoms with Crippen molar-refractivity contribution in [3.63, 3.8) is 0 Å². The summed E-state index contributed by atoms with van der Waals surface area (Å²) in [6.45, 7) is 6.17. The maximum Gasteiger partial charge on any atom is 0.229 e. The molecule has 20 heavy (non-hydrogen) atoms. The Hall–Kier alpha value is -1.75. The van der Waals surface area contributed by atoms with Crippen LogP contribution >= 0.6 is 11.6 Å². The molecule has 108 valence electrons. The Morgan fingerprint density at radius 3 is 2.35 bits per heavy atom. The standard InChI is InChI=1S/C14H18ClN3O2/c1-14(2,3)12-16-17-13(15)18(12)10-7-6-9(19-4)8-11(10)20-5/h6-8H,1-5H3. The molecule has 1 heterocycles. The fourth-order valence-electron chi connectivity index (χ4n) is 1.93. The number of nitrogens with zero attached hydrogens (tertiary/aromatic N) is 3. The second-order valence-corrected chi connectivity index (χ2v) is 5.75. The lowest BCUT2D eigenvalue weighted by Crippen LogP contribution is -2.18. The van der Waals surface area contributed by atoms with Gasteiger partial charge in [0.15, 0.2) is 0 Å². The van der Waals surface area contributed by atoms with Gasteiger partial charge in [0.05, 0.1) is 19.9 Å². The van der Waals surface area contributed by atoms with E-state index in [-0.39, 0.29) is 5.41 Å². The molecule has 1 aromatic carbocycles. The fourth-order valence-corrected chi connectivity index (χ4v) is 2.14. The van der Waals surface area contributed by atoms with Gasteiger partial charge >= 0.3 is 0 Å². The molecule has 2 aromatic rings. The summed E-state index contributed by atoms with van der Waals surface area (Å²) in [6, 6.07) is 5.53. The number of benzene rings is 1. The summed E-state index contributed by atoms with van der Waals surface area (Å²) < 4.78 is 12.4. The highest BCUT2D eigenvalue weighted by Gasteiger charge is 2.25. The molecule has 6 heteroatoms. The van der Waals surface area contributed by atoms with E-state index in [0.29, 0.717) is 16.8 Å². The lowest BCUT2D eigenvalue weighted by atomic mass is 9.95. The van der Waals surface area contributed by atoms with Crippen LogP contribution in [0.2, 0.25) is 5.28 Å². The normalized spacial score (nSPS) is 11.5. The minimum absolute atomic E-state index is 0.189. The van der Waals surface area contributed by atoms with Crippen LogP contribution in [0, 0.1) is 0 Å². The molecule has 0 fully saturated rings. The Labute approximate surface area is 123 Å². The smallest absolute Gasteiger partial charge is 0.229 e. The predicted molar refractivity (Wildman–Crippen MR) is 78.2 cm³/mol. The average molecular weight is 296 g/mol. The van der Waals surface area contributed by atoms with Crippen LogP contribution in [0.1, 0.15) is 26.6 Å². The molecule has 0 amide bonds. The van der Waals surface area contributed by atoms with Crippen molar-refractivity contribution in [2.45, 2.75) is 26.2 Å². The van der Waals surface area contributed by atoms with Crippen LogP contribution in [0.15, 0.2) is 18.2 Å². The lowest BCUT2D eigenvalue weighted by molar-refractivity contribution is 0.392. The van der Waals surface area contributed by atoms with Crippen LogP contribution in [-0.2, 0) is 5.41 Å². The average Bonchev–Trinajstić information content (AvgIpc) is 2.79. The molecule has 5 nitrogen and oxygen atoms in total. The molecular formula is C14H18ClN3O2. The van der Waals surface area contributed by atoms with Crippen LogP contribution in [0.4, 0.5) is 0 Å². The molecular weight excluding hydrogens is 278 g/mol. The molecule has 0 saturated carbocycles. The highest BCUT2D eigenvalue weighted by molar-refractivity contribution is 6.28. The van der Waals surface area contributed by atoms with Gasteiger partial charge in [-0.2, -0.15) is 0 Å². The first-order valence-corrected chi connectivity index (χ1v) is 6.60. The van der Waals surface area contributed by atoms with Gasteiger partial charge in [0.2, 0.25) is 5.28 Å². The van der Waals surface area contributed by atoms with Crippen molar-refractivity contribution in [3.05, 3.63) is 29.3 Å². The van der Waals surface area contributed by atoms with E-state index in [1.54, 1.807) is 24.9 Å². The largest absolute Gasteiger partial charge is 0.497 e. The molecule has 1 aromatic heterocycles. The van der Waals surface area contributed by atoms with Crippen LogP contribution < -0.4 is 9.47 Å². The first-order chi connectivity index (χ1) is 9.38. The van der Waals surface area contributed by atoms with Gasteiger partial charge in [-0.1, -0.05) is 20.8 Å². The Balaban J connectivity index is 2.65. The lowest BCUT2D eigenvalue weighted by Gasteiger charge is -2.20. The maximum absolute atomic E-state index is 6.19. The summed E-state index contributed by atoms with van der Waals surface area (Å²) in [5, 5.41) is 8.45. The summed E-state index contributed by atoms with van der Waals surface area (Å²) in [5.41, 5.74) is 0.596. The van der Waals surface area contributed by atoms with Crippen molar-refractivity contribution in [1.29, 1.82) is 0 Å². The van der Waals surface area contributed by atoms with Gasteiger partial charge in [0.1, 0.15) is 17.3 Å². The molecule has 0 N–H and O–H groups in total. The number of hydrogen-bond acceptors (Lipinski definition) is 4. The van der Waals surface area contributed by atoms with Gasteiger partial charge < -0.3 is 9.47 Å². The monoisotopic (exact) mass is 295 g/mol. The molecule has 0 aliphatic heterocycles. The van der Waals surface area contributed by atoms with Crippen molar-refractivity contribution < 1.29 is 9.47 Å². The van der Waals surface area contributed by atoms with Crippen molar-refractivity contribution in [1.82, 2.24) is 14.8 Å². The van der Waals surface area contributed by atoms with Crippen molar-refractivity contribution in [3.8, 4) is 17.2 Å². The third-order valence-electron chi connectivity index (χ3n) is 2.92. The predicted octanol–water partition coefficient (Wildman–Crippen LogP) is 3.24. The molecule has 0 atom stereocenters. The van der Waals surface area contributed by atoms with Gasteiger partial charge in [-0.15, -0.1) is 10.2 Å². The summed E-state index contributed by atoms with van der Waals surface area (Å²) in [5.74, 6) is 2.13. The number of rotatable bonds is 3. The number of hydrogen-bond donors (Lipinski definition) is 0. The van der Waals surface area contributed by atoms with E-state index in [9.17, 15) is 0 Å². The van der Waals surface area contributed by atoms with Crippen LogP contribution in [0.25, 0.3) is 5.69 Å². The van der Waals surface area contributed by atoms with Crippen LogP contribution in [0.3, 0.4) is 0 Å². The van der Waals surface area contributed by atoms with Crippen LogP contribution in [-0.4, -0.2) is 29.0 Å². The number of aromatic nitrogens is 3. The summed E-state index contributed by atoms with van der Waals surface area (Å²) in [7, 11) is 3.22. The van der Waals surface area contributed by atoms with E-state index in [1.165, 1.54) is 0 Å². The SMILES string of the molecule is COc1ccc(-n2c(Cl)nnc2C(C)(C)C)c(OC)c1. The Bertz CT molecular complexity index is 617. The molecule has 0 bridgehead atoms. The van der Waals surface area contributed by atoms with Crippen LogP contribution in [0.5, 0.6) is 11.5 Å². The van der Waals surface area contributed by atoms with Gasteiger partial charge in [-0.25, -0.2) is 0 Å². The first kappa shape index (κ1) is 14.7. The second kappa shape index (κ2) is 5.32. The maximum atomic E-state index is 6.19. The number of halogens is 1. The molecule has 0 aliphatic rings. The zero-order chi connectivity index (χ0) is 14.9. The summed E-state index contributed by atoms with van der Waals surface area (Å²) in [6.07, 6.45) is 0. The third-order valence-corrected chi connectivity index (χ3v) is 3.17. The van der Waals surface area contributed by atoms with Crippen molar-refractivity contribution in [2.75, 3.05) is 14.2 Å². The minimum Gasteiger partial charge on any atom is -0.497 e.